The molecule has 1 aromatic rings. The van der Waals surface area contributed by atoms with Crippen molar-refractivity contribution in [2.24, 2.45) is 5.73 Å². The molecule has 1 rings (SSSR count). The third kappa shape index (κ3) is 6.91. The van der Waals surface area contributed by atoms with E-state index in [9.17, 15) is 9.59 Å². The molecule has 2 amide bonds. The van der Waals surface area contributed by atoms with Crippen LogP contribution in [0.4, 0.5) is 0 Å². The van der Waals surface area contributed by atoms with Gasteiger partial charge in [-0.3, -0.25) is 9.59 Å². The quantitative estimate of drug-likeness (QED) is 0.714. The third-order valence-corrected chi connectivity index (χ3v) is 3.39. The van der Waals surface area contributed by atoms with E-state index in [1.807, 2.05) is 45.0 Å². The molecule has 0 saturated carbocycles. The Bertz CT molecular complexity index is 477. The van der Waals surface area contributed by atoms with Crippen molar-refractivity contribution in [2.75, 3.05) is 6.54 Å². The second kappa shape index (κ2) is 10.2. The van der Waals surface area contributed by atoms with E-state index in [1.54, 1.807) is 0 Å². The van der Waals surface area contributed by atoms with Crippen LogP contribution >= 0.6 is 12.4 Å². The maximum atomic E-state index is 11.9. The number of rotatable bonds is 7. The van der Waals surface area contributed by atoms with Crippen molar-refractivity contribution in [3.63, 3.8) is 0 Å². The van der Waals surface area contributed by atoms with Crippen LogP contribution in [0, 0.1) is 6.92 Å². The highest BCUT2D eigenvalue weighted by atomic mass is 35.5. The van der Waals surface area contributed by atoms with Crippen LogP contribution in [0.1, 0.15) is 43.9 Å². The van der Waals surface area contributed by atoms with Gasteiger partial charge in [0, 0.05) is 19.0 Å². The molecule has 0 aromatic heterocycles. The standard InChI is InChI=1S/C16H25N3O2.ClH/c1-4-12(3)19-14(20)9-10-18-16(21)15(17)13-7-5-11(2)6-8-13;/h5-8,12,15H,4,9-10,17H2,1-3H3,(H,18,21)(H,19,20);1H. The second-order valence-corrected chi connectivity index (χ2v) is 5.31. The van der Waals surface area contributed by atoms with Crippen LogP contribution in [-0.2, 0) is 9.59 Å². The Morgan fingerprint density at radius 3 is 2.36 bits per heavy atom. The molecule has 0 spiro atoms. The summed E-state index contributed by atoms with van der Waals surface area (Å²) >= 11 is 0. The lowest BCUT2D eigenvalue weighted by Crippen LogP contribution is -2.38. The maximum Gasteiger partial charge on any atom is 0.241 e. The minimum atomic E-state index is -0.705. The average Bonchev–Trinajstić information content (AvgIpc) is 2.46. The van der Waals surface area contributed by atoms with E-state index >= 15 is 0 Å². The van der Waals surface area contributed by atoms with Gasteiger partial charge in [0.15, 0.2) is 0 Å². The predicted octanol–water partition coefficient (Wildman–Crippen LogP) is 1.84. The van der Waals surface area contributed by atoms with Crippen LogP contribution in [0.5, 0.6) is 0 Å². The van der Waals surface area contributed by atoms with Crippen LogP contribution in [0.3, 0.4) is 0 Å². The van der Waals surface area contributed by atoms with Gasteiger partial charge in [0.05, 0.1) is 0 Å². The molecule has 124 valence electrons. The number of nitrogens with one attached hydrogen (secondary N) is 2. The number of carbonyl (C=O) groups excluding carboxylic acids is 2. The highest BCUT2D eigenvalue weighted by molar-refractivity contribution is 5.85. The van der Waals surface area contributed by atoms with Crippen molar-refractivity contribution < 1.29 is 9.59 Å². The predicted molar refractivity (Wildman–Crippen MR) is 90.9 cm³/mol. The molecule has 22 heavy (non-hydrogen) atoms. The first-order valence-electron chi connectivity index (χ1n) is 7.33. The normalized spacial score (nSPS) is 12.7. The molecule has 0 saturated heterocycles. The Hall–Kier alpha value is -1.59. The molecular formula is C16H26ClN3O2. The zero-order chi connectivity index (χ0) is 15.8. The fourth-order valence-corrected chi connectivity index (χ4v) is 1.78. The lowest BCUT2D eigenvalue weighted by atomic mass is 10.1. The van der Waals surface area contributed by atoms with E-state index in [1.165, 1.54) is 0 Å². The number of aryl methyl sites for hydroxylation is 1. The summed E-state index contributed by atoms with van der Waals surface area (Å²) in [6.45, 7) is 6.23. The molecule has 2 unspecified atom stereocenters. The van der Waals surface area contributed by atoms with Gasteiger partial charge in [-0.05, 0) is 25.8 Å². The molecule has 4 N–H and O–H groups in total. The summed E-state index contributed by atoms with van der Waals surface area (Å²) < 4.78 is 0. The third-order valence-electron chi connectivity index (χ3n) is 3.39. The highest BCUT2D eigenvalue weighted by Crippen LogP contribution is 2.11. The Kier molecular flexibility index (Phi) is 9.45. The monoisotopic (exact) mass is 327 g/mol. The van der Waals surface area contributed by atoms with Gasteiger partial charge < -0.3 is 16.4 Å². The van der Waals surface area contributed by atoms with Gasteiger partial charge in [0.25, 0.3) is 0 Å². The summed E-state index contributed by atoms with van der Waals surface area (Å²) in [7, 11) is 0. The molecule has 0 heterocycles. The number of carbonyl (C=O) groups is 2. The fourth-order valence-electron chi connectivity index (χ4n) is 1.78. The number of nitrogens with two attached hydrogens (primary N) is 1. The average molecular weight is 328 g/mol. The zero-order valence-corrected chi connectivity index (χ0v) is 14.2. The van der Waals surface area contributed by atoms with Crippen molar-refractivity contribution in [3.8, 4) is 0 Å². The molecule has 0 aliphatic carbocycles. The van der Waals surface area contributed by atoms with Crippen molar-refractivity contribution in [3.05, 3.63) is 35.4 Å². The van der Waals surface area contributed by atoms with Crippen molar-refractivity contribution in [2.45, 2.75) is 45.7 Å². The topological polar surface area (TPSA) is 84.2 Å². The van der Waals surface area contributed by atoms with Gasteiger partial charge in [-0.1, -0.05) is 36.8 Å². The van der Waals surface area contributed by atoms with Gasteiger partial charge in [0.2, 0.25) is 11.8 Å². The van der Waals surface area contributed by atoms with E-state index in [-0.39, 0.29) is 36.7 Å². The second-order valence-electron chi connectivity index (χ2n) is 5.31. The van der Waals surface area contributed by atoms with E-state index < -0.39 is 6.04 Å². The molecule has 0 aliphatic rings. The molecule has 1 aromatic carbocycles. The summed E-state index contributed by atoms with van der Waals surface area (Å²) in [5, 5.41) is 5.54. The Morgan fingerprint density at radius 2 is 1.82 bits per heavy atom. The minimum Gasteiger partial charge on any atom is -0.354 e. The SMILES string of the molecule is CCC(C)NC(=O)CCNC(=O)C(N)c1ccc(C)cc1.Cl. The Balaban J connectivity index is 0.00000441. The first-order chi connectivity index (χ1) is 9.93. The lowest BCUT2D eigenvalue weighted by molar-refractivity contribution is -0.123. The maximum absolute atomic E-state index is 11.9. The number of hydrogen-bond acceptors (Lipinski definition) is 3. The van der Waals surface area contributed by atoms with Crippen LogP contribution in [-0.4, -0.2) is 24.4 Å². The summed E-state index contributed by atoms with van der Waals surface area (Å²) in [6, 6.07) is 6.97. The Morgan fingerprint density at radius 1 is 1.23 bits per heavy atom. The molecule has 0 radical (unpaired) electrons. The number of benzene rings is 1. The smallest absolute Gasteiger partial charge is 0.241 e. The van der Waals surface area contributed by atoms with Gasteiger partial charge in [-0.2, -0.15) is 0 Å². The molecule has 2 atom stereocenters. The summed E-state index contributed by atoms with van der Waals surface area (Å²) in [5.74, 6) is -0.330. The van der Waals surface area contributed by atoms with Crippen molar-refractivity contribution in [1.29, 1.82) is 0 Å². The lowest BCUT2D eigenvalue weighted by Gasteiger charge is -2.14. The molecule has 0 aliphatic heterocycles. The zero-order valence-electron chi connectivity index (χ0n) is 13.4. The van der Waals surface area contributed by atoms with Crippen molar-refractivity contribution in [1.82, 2.24) is 10.6 Å². The van der Waals surface area contributed by atoms with E-state index in [0.29, 0.717) is 6.54 Å². The molecule has 5 nitrogen and oxygen atoms in total. The van der Waals surface area contributed by atoms with Crippen molar-refractivity contribution >= 4 is 24.2 Å². The van der Waals surface area contributed by atoms with Crippen LogP contribution < -0.4 is 16.4 Å². The first-order valence-corrected chi connectivity index (χ1v) is 7.33. The van der Waals surface area contributed by atoms with Crippen LogP contribution in [0.2, 0.25) is 0 Å². The highest BCUT2D eigenvalue weighted by Gasteiger charge is 2.15. The molecule has 0 bridgehead atoms. The van der Waals surface area contributed by atoms with Gasteiger partial charge >= 0.3 is 0 Å². The molecule has 6 heteroatoms. The summed E-state index contributed by atoms with van der Waals surface area (Å²) in [5.41, 5.74) is 7.78. The summed E-state index contributed by atoms with van der Waals surface area (Å²) in [4.78, 5) is 23.5. The van der Waals surface area contributed by atoms with Gasteiger partial charge in [-0.25, -0.2) is 0 Å². The fraction of sp³-hybridized carbons (Fsp3) is 0.500. The molecular weight excluding hydrogens is 302 g/mol. The van der Waals surface area contributed by atoms with E-state index in [2.05, 4.69) is 10.6 Å². The summed E-state index contributed by atoms with van der Waals surface area (Å²) in [6.07, 6.45) is 1.15. The van der Waals surface area contributed by atoms with E-state index in [0.717, 1.165) is 17.5 Å². The Labute approximate surface area is 138 Å². The van der Waals surface area contributed by atoms with Crippen LogP contribution in [0.15, 0.2) is 24.3 Å². The van der Waals surface area contributed by atoms with Crippen LogP contribution in [0.25, 0.3) is 0 Å². The number of amides is 2. The first kappa shape index (κ1) is 20.4. The largest absolute Gasteiger partial charge is 0.354 e. The number of hydrogen-bond donors (Lipinski definition) is 3. The number of halogens is 1. The van der Waals surface area contributed by atoms with Gasteiger partial charge in [-0.15, -0.1) is 12.4 Å². The van der Waals surface area contributed by atoms with Gasteiger partial charge in [0.1, 0.15) is 6.04 Å². The van der Waals surface area contributed by atoms with E-state index in [4.69, 9.17) is 5.73 Å². The minimum absolute atomic E-state index is 0. The molecule has 0 fully saturated rings.